The molecule has 0 bridgehead atoms. The first-order valence-corrected chi connectivity index (χ1v) is 13.2. The molecule has 27 heavy (non-hydrogen) atoms. The van der Waals surface area contributed by atoms with E-state index in [9.17, 15) is 0 Å². The fraction of sp³-hybridized carbons (Fsp3) is 0.680. The van der Waals surface area contributed by atoms with E-state index in [1.807, 2.05) is 22.7 Å². The summed E-state index contributed by atoms with van der Waals surface area (Å²) in [6, 6.07) is 4.76. The Labute approximate surface area is 176 Å². The fourth-order valence-electron chi connectivity index (χ4n) is 3.83. The minimum absolute atomic E-state index is 1.17. The third-order valence-corrected chi connectivity index (χ3v) is 7.52. The highest BCUT2D eigenvalue weighted by molar-refractivity contribution is 7.11. The summed E-state index contributed by atoms with van der Waals surface area (Å²) in [4.78, 5) is 3.24. The maximum Gasteiger partial charge on any atom is 0.0169 e. The first-order chi connectivity index (χ1) is 13.3. The van der Waals surface area contributed by atoms with Crippen molar-refractivity contribution in [3.63, 3.8) is 0 Å². The molecule has 2 heterocycles. The van der Waals surface area contributed by atoms with Crippen molar-refractivity contribution in [2.45, 2.75) is 110 Å². The zero-order valence-electron chi connectivity index (χ0n) is 17.7. The van der Waals surface area contributed by atoms with Crippen molar-refractivity contribution in [2.24, 2.45) is 0 Å². The van der Waals surface area contributed by atoms with E-state index < -0.39 is 0 Å². The normalized spacial score (nSPS) is 11.3. The second kappa shape index (κ2) is 14.4. The Morgan fingerprint density at radius 3 is 1.41 bits per heavy atom. The van der Waals surface area contributed by atoms with Gasteiger partial charge < -0.3 is 0 Å². The molecule has 0 N–H and O–H groups in total. The zero-order valence-corrected chi connectivity index (χ0v) is 19.4. The number of unbranched alkanes of at least 4 members (excludes halogenated alkanes) is 10. The summed E-state index contributed by atoms with van der Waals surface area (Å²) in [6.45, 7) is 4.59. The molecule has 0 aliphatic carbocycles. The van der Waals surface area contributed by atoms with Gasteiger partial charge in [-0.2, -0.15) is 0 Å². The van der Waals surface area contributed by atoms with Crippen molar-refractivity contribution in [1.82, 2.24) is 0 Å². The molecule has 0 aliphatic heterocycles. The van der Waals surface area contributed by atoms with Crippen LogP contribution < -0.4 is 0 Å². The average molecular weight is 405 g/mol. The minimum Gasteiger partial charge on any atom is -0.148 e. The van der Waals surface area contributed by atoms with Crippen molar-refractivity contribution in [2.75, 3.05) is 0 Å². The third kappa shape index (κ3) is 8.96. The topological polar surface area (TPSA) is 0 Å². The van der Waals surface area contributed by atoms with E-state index in [4.69, 9.17) is 0 Å². The van der Waals surface area contributed by atoms with E-state index in [0.29, 0.717) is 0 Å². The minimum atomic E-state index is 1.17. The lowest BCUT2D eigenvalue weighted by molar-refractivity contribution is 0.606. The monoisotopic (exact) mass is 404 g/mol. The Morgan fingerprint density at radius 2 is 0.963 bits per heavy atom. The molecule has 0 saturated heterocycles. The summed E-state index contributed by atoms with van der Waals surface area (Å²) in [5.41, 5.74) is 3.24. The van der Waals surface area contributed by atoms with Gasteiger partial charge in [-0.25, -0.2) is 0 Å². The lowest BCUT2D eigenvalue weighted by Gasteiger charge is -2.07. The van der Waals surface area contributed by atoms with E-state index in [0.717, 1.165) is 0 Å². The molecule has 0 nitrogen and oxygen atoms in total. The van der Waals surface area contributed by atoms with E-state index in [1.165, 1.54) is 96.3 Å². The second-order valence-corrected chi connectivity index (χ2v) is 9.95. The van der Waals surface area contributed by atoms with Crippen molar-refractivity contribution in [3.05, 3.63) is 43.8 Å². The average Bonchev–Trinajstić information content (AvgIpc) is 3.31. The van der Waals surface area contributed by atoms with Gasteiger partial charge in [0, 0.05) is 16.2 Å². The molecule has 152 valence electrons. The summed E-state index contributed by atoms with van der Waals surface area (Å²) < 4.78 is 0. The van der Waals surface area contributed by atoms with Crippen molar-refractivity contribution in [1.29, 1.82) is 0 Å². The van der Waals surface area contributed by atoms with Crippen LogP contribution in [0.2, 0.25) is 0 Å². The van der Waals surface area contributed by atoms with Gasteiger partial charge in [-0.1, -0.05) is 78.1 Å². The van der Waals surface area contributed by atoms with Gasteiger partial charge in [0.15, 0.2) is 0 Å². The molecule has 0 spiro atoms. The molecule has 0 saturated carbocycles. The largest absolute Gasteiger partial charge is 0.148 e. The van der Waals surface area contributed by atoms with Crippen LogP contribution in [-0.4, -0.2) is 0 Å². The molecule has 0 aliphatic rings. The van der Waals surface area contributed by atoms with Crippen LogP contribution in [0.15, 0.2) is 22.9 Å². The van der Waals surface area contributed by atoms with Crippen LogP contribution in [0.25, 0.3) is 0 Å². The number of hydrogen-bond acceptors (Lipinski definition) is 2. The maximum absolute atomic E-state index is 2.38. The van der Waals surface area contributed by atoms with Crippen LogP contribution >= 0.6 is 22.7 Å². The molecule has 0 atom stereocenters. The quantitative estimate of drug-likeness (QED) is 0.244. The van der Waals surface area contributed by atoms with Crippen LogP contribution in [0.4, 0.5) is 0 Å². The summed E-state index contributed by atoms with van der Waals surface area (Å²) in [5, 5.41) is 4.62. The predicted molar refractivity (Wildman–Crippen MR) is 126 cm³/mol. The summed E-state index contributed by atoms with van der Waals surface area (Å²) in [5.74, 6) is 0. The Balaban J connectivity index is 1.74. The lowest BCUT2D eigenvalue weighted by Crippen LogP contribution is -1.94. The number of thiophene rings is 2. The van der Waals surface area contributed by atoms with Gasteiger partial charge in [-0.05, 0) is 59.7 Å². The summed E-state index contributed by atoms with van der Waals surface area (Å²) in [6.07, 6.45) is 20.4. The Hall–Kier alpha value is -0.600. The van der Waals surface area contributed by atoms with E-state index in [-0.39, 0.29) is 0 Å². The number of rotatable bonds is 16. The molecule has 2 heteroatoms. The van der Waals surface area contributed by atoms with Gasteiger partial charge >= 0.3 is 0 Å². The number of aryl methyl sites for hydroxylation is 2. The van der Waals surface area contributed by atoms with Crippen LogP contribution in [0.5, 0.6) is 0 Å². The van der Waals surface area contributed by atoms with Gasteiger partial charge in [0.05, 0.1) is 0 Å². The van der Waals surface area contributed by atoms with Crippen molar-refractivity contribution >= 4 is 22.7 Å². The number of hydrogen-bond donors (Lipinski definition) is 0. The molecule has 0 aromatic carbocycles. The van der Waals surface area contributed by atoms with Crippen LogP contribution in [0.1, 0.15) is 112 Å². The molecular formula is C25H40S2. The highest BCUT2D eigenvalue weighted by Crippen LogP contribution is 2.28. The molecule has 2 aromatic heterocycles. The Bertz CT molecular complexity index is 541. The van der Waals surface area contributed by atoms with Gasteiger partial charge in [-0.3, -0.25) is 0 Å². The molecule has 0 unspecified atom stereocenters. The Kier molecular flexibility index (Phi) is 12.1. The van der Waals surface area contributed by atoms with Gasteiger partial charge in [0.2, 0.25) is 0 Å². The lowest BCUT2D eigenvalue weighted by atomic mass is 10.0. The summed E-state index contributed by atoms with van der Waals surface area (Å²) >= 11 is 3.95. The molecule has 0 fully saturated rings. The van der Waals surface area contributed by atoms with Crippen LogP contribution in [0.3, 0.4) is 0 Å². The SMILES string of the molecule is CCCCCCCCc1ccsc1Cc1sccc1CCCCCCCC. The maximum atomic E-state index is 2.38. The second-order valence-electron chi connectivity index (χ2n) is 7.95. The van der Waals surface area contributed by atoms with Gasteiger partial charge in [0.1, 0.15) is 0 Å². The smallest absolute Gasteiger partial charge is 0.0169 e. The standard InChI is InChI=1S/C25H40S2/c1-3-5-7-9-11-13-15-22-17-19-26-24(22)21-25-23(18-20-27-25)16-14-12-10-8-6-4-2/h17-20H,3-16,21H2,1-2H3. The third-order valence-electron chi connectivity index (χ3n) is 5.60. The first kappa shape index (κ1) is 22.7. The predicted octanol–water partition coefficient (Wildman–Crippen LogP) is 9.21. The van der Waals surface area contributed by atoms with E-state index in [1.54, 1.807) is 20.9 Å². The first-order valence-electron chi connectivity index (χ1n) is 11.5. The highest BCUT2D eigenvalue weighted by atomic mass is 32.1. The molecular weight excluding hydrogens is 364 g/mol. The zero-order chi connectivity index (χ0) is 19.2. The van der Waals surface area contributed by atoms with Gasteiger partial charge in [0.25, 0.3) is 0 Å². The van der Waals surface area contributed by atoms with Crippen molar-refractivity contribution < 1.29 is 0 Å². The van der Waals surface area contributed by atoms with E-state index in [2.05, 4.69) is 36.7 Å². The van der Waals surface area contributed by atoms with Crippen LogP contribution in [0, 0.1) is 0 Å². The molecule has 2 aromatic rings. The van der Waals surface area contributed by atoms with Crippen LogP contribution in [-0.2, 0) is 19.3 Å². The highest BCUT2D eigenvalue weighted by Gasteiger charge is 2.10. The molecule has 2 rings (SSSR count). The molecule has 0 amide bonds. The fourth-order valence-corrected chi connectivity index (χ4v) is 5.81. The van der Waals surface area contributed by atoms with Gasteiger partial charge in [-0.15, -0.1) is 22.7 Å². The summed E-state index contributed by atoms with van der Waals surface area (Å²) in [7, 11) is 0. The van der Waals surface area contributed by atoms with E-state index >= 15 is 0 Å². The molecule has 0 radical (unpaired) electrons. The Morgan fingerprint density at radius 1 is 0.556 bits per heavy atom. The van der Waals surface area contributed by atoms with Crippen molar-refractivity contribution in [3.8, 4) is 0 Å².